The second-order valence-corrected chi connectivity index (χ2v) is 8.92. The highest BCUT2D eigenvalue weighted by molar-refractivity contribution is 9.10. The van der Waals surface area contributed by atoms with Crippen LogP contribution in [0.15, 0.2) is 70.0 Å². The van der Waals surface area contributed by atoms with E-state index < -0.39 is 21.7 Å². The number of hydrogen-bond acceptors (Lipinski definition) is 4. The van der Waals surface area contributed by atoms with E-state index in [0.29, 0.717) is 10.2 Å². The molecule has 0 fully saturated rings. The maximum atomic E-state index is 13.4. The molecule has 0 saturated carbocycles. The molecule has 2 N–H and O–H groups in total. The highest BCUT2D eigenvalue weighted by Gasteiger charge is 2.22. The Hall–Kier alpha value is -2.91. The summed E-state index contributed by atoms with van der Waals surface area (Å²) in [7, 11) is -2.69. The maximum absolute atomic E-state index is 13.4. The predicted octanol–water partition coefficient (Wildman–Crippen LogP) is 4.96. The van der Waals surface area contributed by atoms with Gasteiger partial charge in [-0.05, 0) is 76.9 Å². The van der Waals surface area contributed by atoms with Crippen LogP contribution in [0.1, 0.15) is 15.9 Å². The van der Waals surface area contributed by atoms with E-state index in [4.69, 9.17) is 4.74 Å². The molecule has 30 heavy (non-hydrogen) atoms. The standard InChI is InChI=1S/C21H18BrFN2O4S/c1-13-6-8-17(22)18(10-13)25-30(27,28)20-12-16(7-9-19(20)29-2)24-21(26)14-4-3-5-15(23)11-14/h3-12,25H,1-2H3,(H,24,26). The summed E-state index contributed by atoms with van der Waals surface area (Å²) in [5.41, 5.74) is 1.57. The highest BCUT2D eigenvalue weighted by atomic mass is 79.9. The lowest BCUT2D eigenvalue weighted by atomic mass is 10.2. The van der Waals surface area contributed by atoms with Crippen LogP contribution in [0.25, 0.3) is 0 Å². The summed E-state index contributed by atoms with van der Waals surface area (Å²) in [6, 6.07) is 14.7. The zero-order chi connectivity index (χ0) is 21.9. The SMILES string of the molecule is COc1ccc(NC(=O)c2cccc(F)c2)cc1S(=O)(=O)Nc1cc(C)ccc1Br. The zero-order valence-corrected chi connectivity index (χ0v) is 18.5. The molecule has 0 spiro atoms. The summed E-state index contributed by atoms with van der Waals surface area (Å²) in [4.78, 5) is 12.2. The van der Waals surface area contributed by atoms with E-state index in [1.165, 1.54) is 43.5 Å². The first-order chi connectivity index (χ1) is 14.2. The molecule has 0 heterocycles. The fraction of sp³-hybridized carbons (Fsp3) is 0.0952. The van der Waals surface area contributed by atoms with Crippen LogP contribution >= 0.6 is 15.9 Å². The normalized spacial score (nSPS) is 11.1. The number of carbonyl (C=O) groups is 1. The van der Waals surface area contributed by atoms with E-state index in [2.05, 4.69) is 26.0 Å². The smallest absolute Gasteiger partial charge is 0.265 e. The number of sulfonamides is 1. The number of rotatable bonds is 6. The Balaban J connectivity index is 1.94. The molecule has 0 aliphatic carbocycles. The lowest BCUT2D eigenvalue weighted by molar-refractivity contribution is 0.102. The summed E-state index contributed by atoms with van der Waals surface area (Å²) in [5, 5.41) is 2.57. The first-order valence-corrected chi connectivity index (χ1v) is 11.0. The molecule has 0 unspecified atom stereocenters. The summed E-state index contributed by atoms with van der Waals surface area (Å²) < 4.78 is 47.7. The van der Waals surface area contributed by atoms with Crippen LogP contribution in [-0.4, -0.2) is 21.4 Å². The number of aryl methyl sites for hydroxylation is 1. The fourth-order valence-electron chi connectivity index (χ4n) is 2.71. The van der Waals surface area contributed by atoms with Crippen LogP contribution in [0.5, 0.6) is 5.75 Å². The van der Waals surface area contributed by atoms with Crippen molar-refractivity contribution in [3.8, 4) is 5.75 Å². The molecular weight excluding hydrogens is 475 g/mol. The number of nitrogens with one attached hydrogen (secondary N) is 2. The Labute approximate surface area is 182 Å². The van der Waals surface area contributed by atoms with E-state index in [0.717, 1.165) is 11.6 Å². The highest BCUT2D eigenvalue weighted by Crippen LogP contribution is 2.31. The molecule has 0 saturated heterocycles. The van der Waals surface area contributed by atoms with E-state index in [-0.39, 0.29) is 21.9 Å². The third kappa shape index (κ3) is 4.98. The van der Waals surface area contributed by atoms with Gasteiger partial charge in [0.1, 0.15) is 16.5 Å². The molecule has 1 amide bonds. The Morgan fingerprint density at radius 1 is 1.07 bits per heavy atom. The van der Waals surface area contributed by atoms with E-state index in [1.807, 2.05) is 13.0 Å². The molecule has 6 nitrogen and oxygen atoms in total. The van der Waals surface area contributed by atoms with Crippen LogP contribution in [0.4, 0.5) is 15.8 Å². The summed E-state index contributed by atoms with van der Waals surface area (Å²) in [6.07, 6.45) is 0. The van der Waals surface area contributed by atoms with Crippen molar-refractivity contribution < 1.29 is 22.3 Å². The minimum Gasteiger partial charge on any atom is -0.495 e. The number of hydrogen-bond donors (Lipinski definition) is 2. The molecule has 0 aromatic heterocycles. The van der Waals surface area contributed by atoms with E-state index in [9.17, 15) is 17.6 Å². The Morgan fingerprint density at radius 3 is 2.53 bits per heavy atom. The maximum Gasteiger partial charge on any atom is 0.265 e. The molecule has 9 heteroatoms. The summed E-state index contributed by atoms with van der Waals surface area (Å²) in [5.74, 6) is -1.01. The quantitative estimate of drug-likeness (QED) is 0.509. The number of benzene rings is 3. The number of carbonyl (C=O) groups excluding carboxylic acids is 1. The number of amides is 1. The third-order valence-electron chi connectivity index (χ3n) is 4.16. The lowest BCUT2D eigenvalue weighted by Crippen LogP contribution is -2.16. The average Bonchev–Trinajstić information content (AvgIpc) is 2.70. The number of methoxy groups -OCH3 is 1. The molecule has 3 rings (SSSR count). The van der Waals surface area contributed by atoms with Crippen molar-refractivity contribution in [1.82, 2.24) is 0 Å². The van der Waals surface area contributed by atoms with Crippen LogP contribution < -0.4 is 14.8 Å². The first kappa shape index (κ1) is 21.8. The summed E-state index contributed by atoms with van der Waals surface area (Å²) in [6.45, 7) is 1.84. The van der Waals surface area contributed by atoms with Crippen molar-refractivity contribution in [3.63, 3.8) is 0 Å². The Kier molecular flexibility index (Phi) is 6.42. The van der Waals surface area contributed by atoms with Gasteiger partial charge in [-0.15, -0.1) is 0 Å². The van der Waals surface area contributed by atoms with Crippen LogP contribution in [0.3, 0.4) is 0 Å². The fourth-order valence-corrected chi connectivity index (χ4v) is 4.46. The van der Waals surface area contributed by atoms with Crippen LogP contribution in [0.2, 0.25) is 0 Å². The molecule has 0 radical (unpaired) electrons. The Bertz CT molecular complexity index is 1220. The largest absolute Gasteiger partial charge is 0.495 e. The minimum atomic E-state index is -4.04. The van der Waals surface area contributed by atoms with Crippen LogP contribution in [-0.2, 0) is 10.0 Å². The molecule has 0 aliphatic heterocycles. The molecular formula is C21H18BrFN2O4S. The van der Waals surface area contributed by atoms with Crippen molar-refractivity contribution >= 4 is 43.2 Å². The van der Waals surface area contributed by atoms with E-state index >= 15 is 0 Å². The van der Waals surface area contributed by atoms with Crippen molar-refractivity contribution in [2.75, 3.05) is 17.1 Å². The van der Waals surface area contributed by atoms with Gasteiger partial charge in [0, 0.05) is 15.7 Å². The number of ether oxygens (including phenoxy) is 1. The summed E-state index contributed by atoms with van der Waals surface area (Å²) >= 11 is 3.32. The molecule has 3 aromatic carbocycles. The van der Waals surface area contributed by atoms with Gasteiger partial charge in [0.25, 0.3) is 15.9 Å². The average molecular weight is 493 g/mol. The first-order valence-electron chi connectivity index (χ1n) is 8.73. The molecule has 0 bridgehead atoms. The lowest BCUT2D eigenvalue weighted by Gasteiger charge is -2.15. The second-order valence-electron chi connectivity index (χ2n) is 6.42. The topological polar surface area (TPSA) is 84.5 Å². The molecule has 0 aliphatic rings. The molecule has 156 valence electrons. The molecule has 3 aromatic rings. The van der Waals surface area contributed by atoms with Gasteiger partial charge >= 0.3 is 0 Å². The van der Waals surface area contributed by atoms with Gasteiger partial charge in [-0.2, -0.15) is 0 Å². The zero-order valence-electron chi connectivity index (χ0n) is 16.1. The number of halogens is 2. The number of anilines is 2. The van der Waals surface area contributed by atoms with Gasteiger partial charge in [-0.1, -0.05) is 12.1 Å². The third-order valence-corrected chi connectivity index (χ3v) is 6.24. The van der Waals surface area contributed by atoms with Crippen LogP contribution in [0, 0.1) is 12.7 Å². The second kappa shape index (κ2) is 8.85. The predicted molar refractivity (Wildman–Crippen MR) is 117 cm³/mol. The molecule has 0 atom stereocenters. The van der Waals surface area contributed by atoms with E-state index in [1.54, 1.807) is 12.1 Å². The Morgan fingerprint density at radius 2 is 1.83 bits per heavy atom. The minimum absolute atomic E-state index is 0.107. The van der Waals surface area contributed by atoms with Crippen molar-refractivity contribution in [2.24, 2.45) is 0 Å². The van der Waals surface area contributed by atoms with Gasteiger partial charge in [0.2, 0.25) is 0 Å². The van der Waals surface area contributed by atoms with Gasteiger partial charge < -0.3 is 10.1 Å². The van der Waals surface area contributed by atoms with Crippen molar-refractivity contribution in [3.05, 3.63) is 82.1 Å². The van der Waals surface area contributed by atoms with Gasteiger partial charge in [-0.3, -0.25) is 9.52 Å². The van der Waals surface area contributed by atoms with Crippen molar-refractivity contribution in [2.45, 2.75) is 11.8 Å². The van der Waals surface area contributed by atoms with Gasteiger partial charge in [0.15, 0.2) is 0 Å². The van der Waals surface area contributed by atoms with Crippen molar-refractivity contribution in [1.29, 1.82) is 0 Å². The van der Waals surface area contributed by atoms with Gasteiger partial charge in [0.05, 0.1) is 12.8 Å². The van der Waals surface area contributed by atoms with Gasteiger partial charge in [-0.25, -0.2) is 12.8 Å². The monoisotopic (exact) mass is 492 g/mol.